The molecule has 2 aromatic carbocycles. The van der Waals surface area contributed by atoms with Gasteiger partial charge in [-0.1, -0.05) is 18.2 Å². The van der Waals surface area contributed by atoms with E-state index < -0.39 is 0 Å². The Balaban J connectivity index is 2.38. The Morgan fingerprint density at radius 3 is 2.50 bits per heavy atom. The van der Waals surface area contributed by atoms with Crippen LogP contribution in [-0.4, -0.2) is 7.11 Å². The maximum Gasteiger partial charge on any atom is 0.169 e. The van der Waals surface area contributed by atoms with Crippen molar-refractivity contribution in [2.45, 2.75) is 13.0 Å². The first-order valence-electron chi connectivity index (χ1n) is 6.26. The molecule has 0 spiro atoms. The number of nitriles is 1. The van der Waals surface area contributed by atoms with Crippen LogP contribution in [0.1, 0.15) is 24.1 Å². The van der Waals surface area contributed by atoms with Crippen molar-refractivity contribution < 1.29 is 9.47 Å². The lowest BCUT2D eigenvalue weighted by Crippen LogP contribution is -2.06. The Morgan fingerprint density at radius 1 is 1.10 bits per heavy atom. The van der Waals surface area contributed by atoms with Crippen molar-refractivity contribution in [2.75, 3.05) is 7.11 Å². The standard InChI is InChI=1S/C16H16N2O2/c1-11(18)13-5-3-4-6-14(13)20-15-8-7-12(10-17)9-16(15)19-2/h3-9,11H,18H2,1-2H3/t11-/m0/s1. The molecule has 0 bridgehead atoms. The minimum absolute atomic E-state index is 0.129. The van der Waals surface area contributed by atoms with Gasteiger partial charge in [0.1, 0.15) is 5.75 Å². The largest absolute Gasteiger partial charge is 0.493 e. The van der Waals surface area contributed by atoms with Gasteiger partial charge in [-0.25, -0.2) is 0 Å². The highest BCUT2D eigenvalue weighted by Gasteiger charge is 2.11. The molecule has 0 aliphatic carbocycles. The van der Waals surface area contributed by atoms with E-state index in [9.17, 15) is 0 Å². The van der Waals surface area contributed by atoms with Gasteiger partial charge in [-0.05, 0) is 25.1 Å². The highest BCUT2D eigenvalue weighted by atomic mass is 16.5. The molecule has 2 N–H and O–H groups in total. The zero-order chi connectivity index (χ0) is 14.5. The number of nitrogens with two attached hydrogens (primary N) is 1. The third kappa shape index (κ3) is 2.90. The highest BCUT2D eigenvalue weighted by Crippen LogP contribution is 2.34. The molecule has 0 aliphatic heterocycles. The summed E-state index contributed by atoms with van der Waals surface area (Å²) in [6.45, 7) is 1.90. The molecule has 0 saturated carbocycles. The van der Waals surface area contributed by atoms with Gasteiger partial charge in [0.25, 0.3) is 0 Å². The summed E-state index contributed by atoms with van der Waals surface area (Å²) in [4.78, 5) is 0. The van der Waals surface area contributed by atoms with Gasteiger partial charge in [0.05, 0.1) is 18.7 Å². The van der Waals surface area contributed by atoms with Crippen LogP contribution in [0.3, 0.4) is 0 Å². The third-order valence-electron chi connectivity index (χ3n) is 2.92. The number of benzene rings is 2. The summed E-state index contributed by atoms with van der Waals surface area (Å²) in [5.74, 6) is 1.76. The van der Waals surface area contributed by atoms with E-state index in [-0.39, 0.29) is 6.04 Å². The van der Waals surface area contributed by atoms with Crippen LogP contribution in [0.15, 0.2) is 42.5 Å². The van der Waals surface area contributed by atoms with E-state index in [4.69, 9.17) is 20.5 Å². The Kier molecular flexibility index (Phi) is 4.24. The van der Waals surface area contributed by atoms with E-state index in [0.717, 1.165) is 5.56 Å². The van der Waals surface area contributed by atoms with E-state index in [1.165, 1.54) is 0 Å². The monoisotopic (exact) mass is 268 g/mol. The van der Waals surface area contributed by atoms with E-state index >= 15 is 0 Å². The second kappa shape index (κ2) is 6.09. The average molecular weight is 268 g/mol. The van der Waals surface area contributed by atoms with E-state index in [1.807, 2.05) is 31.2 Å². The molecule has 1 atom stereocenters. The van der Waals surface area contributed by atoms with Crippen LogP contribution in [0.4, 0.5) is 0 Å². The molecule has 20 heavy (non-hydrogen) atoms. The first-order chi connectivity index (χ1) is 9.65. The van der Waals surface area contributed by atoms with E-state index in [2.05, 4.69) is 6.07 Å². The molecule has 0 radical (unpaired) electrons. The lowest BCUT2D eigenvalue weighted by atomic mass is 10.1. The number of ether oxygens (including phenoxy) is 2. The van der Waals surface area contributed by atoms with Crippen LogP contribution in [0.5, 0.6) is 17.2 Å². The van der Waals surface area contributed by atoms with Crippen molar-refractivity contribution in [3.8, 4) is 23.3 Å². The third-order valence-corrected chi connectivity index (χ3v) is 2.92. The molecule has 0 saturated heterocycles. The minimum Gasteiger partial charge on any atom is -0.493 e. The number of rotatable bonds is 4. The average Bonchev–Trinajstić information content (AvgIpc) is 2.48. The molecule has 0 aliphatic rings. The molecule has 0 amide bonds. The van der Waals surface area contributed by atoms with Gasteiger partial charge in [-0.3, -0.25) is 0 Å². The maximum atomic E-state index is 8.89. The zero-order valence-corrected chi connectivity index (χ0v) is 11.5. The van der Waals surface area contributed by atoms with Gasteiger partial charge in [-0.2, -0.15) is 5.26 Å². The second-order valence-electron chi connectivity index (χ2n) is 4.41. The fourth-order valence-electron chi connectivity index (χ4n) is 1.89. The van der Waals surface area contributed by atoms with Crippen LogP contribution in [0.2, 0.25) is 0 Å². The van der Waals surface area contributed by atoms with E-state index in [1.54, 1.807) is 25.3 Å². The van der Waals surface area contributed by atoms with Gasteiger partial charge in [0.15, 0.2) is 11.5 Å². The van der Waals surface area contributed by atoms with Crippen LogP contribution >= 0.6 is 0 Å². The molecule has 0 heterocycles. The topological polar surface area (TPSA) is 68.3 Å². The molecule has 0 unspecified atom stereocenters. The quantitative estimate of drug-likeness (QED) is 0.923. The van der Waals surface area contributed by atoms with Crippen molar-refractivity contribution in [3.05, 3.63) is 53.6 Å². The Hall–Kier alpha value is -2.51. The number of nitrogens with zero attached hydrogens (tertiary/aromatic N) is 1. The molecule has 4 heteroatoms. The predicted molar refractivity (Wildman–Crippen MR) is 76.8 cm³/mol. The molecular weight excluding hydrogens is 252 g/mol. The maximum absolute atomic E-state index is 8.89. The lowest BCUT2D eigenvalue weighted by Gasteiger charge is -2.15. The Morgan fingerprint density at radius 2 is 1.85 bits per heavy atom. The molecule has 102 valence electrons. The molecular formula is C16H16N2O2. The number of hydrogen-bond donors (Lipinski definition) is 1. The first-order valence-corrected chi connectivity index (χ1v) is 6.26. The van der Waals surface area contributed by atoms with Crippen molar-refractivity contribution >= 4 is 0 Å². The lowest BCUT2D eigenvalue weighted by molar-refractivity contribution is 0.377. The van der Waals surface area contributed by atoms with Gasteiger partial charge < -0.3 is 15.2 Å². The van der Waals surface area contributed by atoms with Gasteiger partial charge in [0.2, 0.25) is 0 Å². The smallest absolute Gasteiger partial charge is 0.169 e. The van der Waals surface area contributed by atoms with Crippen LogP contribution in [0, 0.1) is 11.3 Å². The second-order valence-corrected chi connectivity index (χ2v) is 4.41. The van der Waals surface area contributed by atoms with Gasteiger partial charge >= 0.3 is 0 Å². The van der Waals surface area contributed by atoms with Crippen molar-refractivity contribution in [1.29, 1.82) is 5.26 Å². The Bertz CT molecular complexity index is 645. The number of para-hydroxylation sites is 1. The zero-order valence-electron chi connectivity index (χ0n) is 11.5. The molecule has 2 aromatic rings. The van der Waals surface area contributed by atoms with Crippen molar-refractivity contribution in [1.82, 2.24) is 0 Å². The number of hydrogen-bond acceptors (Lipinski definition) is 4. The SMILES string of the molecule is COc1cc(C#N)ccc1Oc1ccccc1[C@H](C)N. The molecule has 4 nitrogen and oxygen atoms in total. The molecule has 2 rings (SSSR count). The van der Waals surface area contributed by atoms with Crippen LogP contribution in [-0.2, 0) is 0 Å². The summed E-state index contributed by atoms with van der Waals surface area (Å²) in [5, 5.41) is 8.89. The summed E-state index contributed by atoms with van der Waals surface area (Å²) >= 11 is 0. The predicted octanol–water partition coefficient (Wildman–Crippen LogP) is 3.38. The fraction of sp³-hybridized carbons (Fsp3) is 0.188. The van der Waals surface area contributed by atoms with Crippen LogP contribution in [0.25, 0.3) is 0 Å². The van der Waals surface area contributed by atoms with Crippen LogP contribution < -0.4 is 15.2 Å². The summed E-state index contributed by atoms with van der Waals surface area (Å²) in [7, 11) is 1.54. The molecule has 0 fully saturated rings. The number of methoxy groups -OCH3 is 1. The Labute approximate surface area is 118 Å². The summed E-state index contributed by atoms with van der Waals surface area (Å²) in [6, 6.07) is 14.6. The fourth-order valence-corrected chi connectivity index (χ4v) is 1.89. The molecule has 0 aromatic heterocycles. The van der Waals surface area contributed by atoms with Crippen molar-refractivity contribution in [2.24, 2.45) is 5.73 Å². The highest BCUT2D eigenvalue weighted by molar-refractivity contribution is 5.49. The summed E-state index contributed by atoms with van der Waals surface area (Å²) in [6.07, 6.45) is 0. The minimum atomic E-state index is -0.129. The van der Waals surface area contributed by atoms with Gasteiger partial charge in [-0.15, -0.1) is 0 Å². The summed E-state index contributed by atoms with van der Waals surface area (Å²) < 4.78 is 11.1. The van der Waals surface area contributed by atoms with Crippen molar-refractivity contribution in [3.63, 3.8) is 0 Å². The summed E-state index contributed by atoms with van der Waals surface area (Å²) in [5.41, 5.74) is 7.37. The van der Waals surface area contributed by atoms with Gasteiger partial charge in [0, 0.05) is 17.7 Å². The first kappa shape index (κ1) is 13.9. The van der Waals surface area contributed by atoms with E-state index in [0.29, 0.717) is 22.8 Å². The normalized spacial score (nSPS) is 11.5.